The van der Waals surface area contributed by atoms with Crippen LogP contribution in [-0.4, -0.2) is 43.2 Å². The van der Waals surface area contributed by atoms with Crippen molar-refractivity contribution in [2.24, 2.45) is 0 Å². The number of hydrogen-bond donors (Lipinski definition) is 2. The summed E-state index contributed by atoms with van der Waals surface area (Å²) in [5.74, 6) is -0.846. The standard InChI is InChI=1S/C28H30ClNO6S/c1-18-12-14-22(15-13-18)37(33,34)30-26-23-11-7-6-10-21(23)16-24(26)36-28(32)25(29)27(31)19(2)35-17-20-8-4-3-5-9-20/h3-15,19,24-27,30-31H,16-17H2,1-2H3/t19-,24-,25+,26+,27+/m0/s1. The first-order valence-corrected chi connectivity index (χ1v) is 13.9. The molecule has 0 saturated carbocycles. The fourth-order valence-corrected chi connectivity index (χ4v) is 5.75. The Labute approximate surface area is 222 Å². The highest BCUT2D eigenvalue weighted by Crippen LogP contribution is 2.35. The number of aliphatic hydroxyl groups excluding tert-OH is 1. The molecule has 9 heteroatoms. The number of halogens is 1. The highest BCUT2D eigenvalue weighted by molar-refractivity contribution is 7.89. The van der Waals surface area contributed by atoms with Crippen molar-refractivity contribution in [3.63, 3.8) is 0 Å². The third kappa shape index (κ3) is 6.58. The van der Waals surface area contributed by atoms with E-state index in [0.29, 0.717) is 6.42 Å². The van der Waals surface area contributed by atoms with Gasteiger partial charge in [0.05, 0.1) is 23.6 Å². The minimum Gasteiger partial charge on any atom is -0.459 e. The van der Waals surface area contributed by atoms with Gasteiger partial charge in [-0.1, -0.05) is 72.3 Å². The fourth-order valence-electron chi connectivity index (χ4n) is 4.25. The van der Waals surface area contributed by atoms with Gasteiger partial charge in [0, 0.05) is 6.42 Å². The Bertz CT molecular complexity index is 1320. The summed E-state index contributed by atoms with van der Waals surface area (Å²) in [7, 11) is -3.90. The van der Waals surface area contributed by atoms with Crippen molar-refractivity contribution in [3.8, 4) is 0 Å². The highest BCUT2D eigenvalue weighted by atomic mass is 35.5. The zero-order valence-electron chi connectivity index (χ0n) is 20.6. The number of sulfonamides is 1. The number of ether oxygens (including phenoxy) is 2. The summed E-state index contributed by atoms with van der Waals surface area (Å²) in [6, 6.07) is 22.4. The molecule has 0 saturated heterocycles. The molecule has 0 spiro atoms. The zero-order valence-corrected chi connectivity index (χ0v) is 22.2. The Balaban J connectivity index is 1.44. The monoisotopic (exact) mass is 543 g/mol. The molecule has 0 bridgehead atoms. The lowest BCUT2D eigenvalue weighted by Crippen LogP contribution is -2.43. The molecule has 3 aromatic carbocycles. The van der Waals surface area contributed by atoms with Crippen LogP contribution in [0.2, 0.25) is 0 Å². The number of esters is 1. The molecule has 1 aliphatic carbocycles. The van der Waals surface area contributed by atoms with E-state index in [-0.39, 0.29) is 11.5 Å². The summed E-state index contributed by atoms with van der Waals surface area (Å²) < 4.78 is 40.3. The summed E-state index contributed by atoms with van der Waals surface area (Å²) >= 11 is 6.30. The van der Waals surface area contributed by atoms with Crippen molar-refractivity contribution in [2.45, 2.75) is 61.5 Å². The van der Waals surface area contributed by atoms with Crippen LogP contribution in [-0.2, 0) is 37.3 Å². The van der Waals surface area contributed by atoms with Crippen LogP contribution in [0, 0.1) is 6.92 Å². The molecule has 4 rings (SSSR count). The van der Waals surface area contributed by atoms with Crippen LogP contribution in [0.25, 0.3) is 0 Å². The molecule has 5 atom stereocenters. The third-order valence-corrected chi connectivity index (χ3v) is 8.32. The molecule has 7 nitrogen and oxygen atoms in total. The van der Waals surface area contributed by atoms with Gasteiger partial charge in [0.2, 0.25) is 10.0 Å². The highest BCUT2D eigenvalue weighted by Gasteiger charge is 2.40. The SMILES string of the molecule is Cc1ccc(S(=O)(=O)N[C@@H]2c3ccccc3C[C@@H]2OC(=O)[C@H](Cl)[C@H](O)[C@H](C)OCc2ccccc2)cc1. The molecule has 37 heavy (non-hydrogen) atoms. The molecule has 0 fully saturated rings. The van der Waals surface area contributed by atoms with Gasteiger partial charge in [-0.25, -0.2) is 8.42 Å². The maximum absolute atomic E-state index is 13.1. The van der Waals surface area contributed by atoms with Crippen LogP contribution in [0.3, 0.4) is 0 Å². The van der Waals surface area contributed by atoms with Gasteiger partial charge in [0.15, 0.2) is 5.38 Å². The first kappa shape index (κ1) is 27.3. The van der Waals surface area contributed by atoms with Crippen LogP contribution in [0.15, 0.2) is 83.8 Å². The number of carbonyl (C=O) groups is 1. The largest absolute Gasteiger partial charge is 0.459 e. The van der Waals surface area contributed by atoms with Gasteiger partial charge in [0.1, 0.15) is 12.2 Å². The molecule has 3 aromatic rings. The van der Waals surface area contributed by atoms with Crippen LogP contribution in [0.5, 0.6) is 0 Å². The van der Waals surface area contributed by atoms with E-state index < -0.39 is 45.7 Å². The number of fused-ring (bicyclic) bond motifs is 1. The molecule has 0 amide bonds. The Morgan fingerprint density at radius 2 is 1.70 bits per heavy atom. The molecule has 0 aliphatic heterocycles. The lowest BCUT2D eigenvalue weighted by Gasteiger charge is -2.26. The van der Waals surface area contributed by atoms with E-state index in [2.05, 4.69) is 4.72 Å². The summed E-state index contributed by atoms with van der Waals surface area (Å²) in [5.41, 5.74) is 3.44. The maximum atomic E-state index is 13.1. The Hall–Kier alpha value is -2.75. The second-order valence-electron chi connectivity index (χ2n) is 9.18. The molecule has 0 aromatic heterocycles. The molecule has 2 N–H and O–H groups in total. The Morgan fingerprint density at radius 3 is 2.41 bits per heavy atom. The molecular weight excluding hydrogens is 514 g/mol. The second kappa shape index (κ2) is 11.8. The predicted molar refractivity (Wildman–Crippen MR) is 141 cm³/mol. The van der Waals surface area contributed by atoms with Gasteiger partial charge in [0.25, 0.3) is 0 Å². The van der Waals surface area contributed by atoms with E-state index >= 15 is 0 Å². The number of aliphatic hydroxyl groups is 1. The average molecular weight is 544 g/mol. The molecular formula is C28H30ClNO6S. The fraction of sp³-hybridized carbons (Fsp3) is 0.321. The van der Waals surface area contributed by atoms with E-state index in [9.17, 15) is 18.3 Å². The van der Waals surface area contributed by atoms with Crippen molar-refractivity contribution in [3.05, 3.63) is 101 Å². The van der Waals surface area contributed by atoms with Crippen molar-refractivity contribution in [1.82, 2.24) is 4.72 Å². The summed E-state index contributed by atoms with van der Waals surface area (Å²) in [6.07, 6.45) is -2.60. The second-order valence-corrected chi connectivity index (χ2v) is 11.4. The minimum absolute atomic E-state index is 0.114. The van der Waals surface area contributed by atoms with Crippen LogP contribution >= 0.6 is 11.6 Å². The van der Waals surface area contributed by atoms with Gasteiger partial charge in [-0.05, 0) is 42.7 Å². The van der Waals surface area contributed by atoms with E-state index in [4.69, 9.17) is 21.1 Å². The average Bonchev–Trinajstić information content (AvgIpc) is 3.23. The van der Waals surface area contributed by atoms with Gasteiger partial charge >= 0.3 is 5.97 Å². The first-order valence-electron chi connectivity index (χ1n) is 12.0. The predicted octanol–water partition coefficient (Wildman–Crippen LogP) is 4.06. The minimum atomic E-state index is -3.90. The summed E-state index contributed by atoms with van der Waals surface area (Å²) in [4.78, 5) is 13.1. The van der Waals surface area contributed by atoms with Crippen molar-refractivity contribution in [2.75, 3.05) is 0 Å². The number of hydrogen-bond acceptors (Lipinski definition) is 6. The number of carbonyl (C=O) groups excluding carboxylic acids is 1. The lowest BCUT2D eigenvalue weighted by atomic mass is 10.1. The number of aryl methyl sites for hydroxylation is 1. The summed E-state index contributed by atoms with van der Waals surface area (Å²) in [5, 5.41) is 9.24. The van der Waals surface area contributed by atoms with Crippen LogP contribution < -0.4 is 4.72 Å². The number of alkyl halides is 1. The molecule has 0 radical (unpaired) electrons. The van der Waals surface area contributed by atoms with Gasteiger partial charge in [-0.3, -0.25) is 4.79 Å². The lowest BCUT2D eigenvalue weighted by molar-refractivity contribution is -0.154. The molecule has 196 valence electrons. The van der Waals surface area contributed by atoms with E-state index in [0.717, 1.165) is 22.3 Å². The van der Waals surface area contributed by atoms with Crippen LogP contribution in [0.4, 0.5) is 0 Å². The van der Waals surface area contributed by atoms with Crippen LogP contribution in [0.1, 0.15) is 35.2 Å². The Kier molecular flexibility index (Phi) is 8.67. The number of nitrogens with one attached hydrogen (secondary N) is 1. The van der Waals surface area contributed by atoms with Gasteiger partial charge in [-0.2, -0.15) is 4.72 Å². The molecule has 1 aliphatic rings. The zero-order chi connectivity index (χ0) is 26.6. The topological polar surface area (TPSA) is 102 Å². The number of benzene rings is 3. The quantitative estimate of drug-likeness (QED) is 0.295. The van der Waals surface area contributed by atoms with Crippen molar-refractivity contribution >= 4 is 27.6 Å². The van der Waals surface area contributed by atoms with E-state index in [1.54, 1.807) is 31.2 Å². The normalized spacial score (nSPS) is 19.6. The van der Waals surface area contributed by atoms with Gasteiger partial charge < -0.3 is 14.6 Å². The first-order chi connectivity index (χ1) is 17.7. The van der Waals surface area contributed by atoms with Crippen molar-refractivity contribution < 1.29 is 27.8 Å². The third-order valence-electron chi connectivity index (χ3n) is 6.43. The van der Waals surface area contributed by atoms with E-state index in [1.165, 1.54) is 12.1 Å². The van der Waals surface area contributed by atoms with E-state index in [1.807, 2.05) is 49.4 Å². The van der Waals surface area contributed by atoms with Crippen molar-refractivity contribution in [1.29, 1.82) is 0 Å². The summed E-state index contributed by atoms with van der Waals surface area (Å²) in [6.45, 7) is 3.75. The number of rotatable bonds is 10. The smallest absolute Gasteiger partial charge is 0.327 e. The molecule has 0 unspecified atom stereocenters. The maximum Gasteiger partial charge on any atom is 0.327 e. The van der Waals surface area contributed by atoms with Gasteiger partial charge in [-0.15, -0.1) is 11.6 Å². The molecule has 0 heterocycles. The Morgan fingerprint density at radius 1 is 1.05 bits per heavy atom.